The summed E-state index contributed by atoms with van der Waals surface area (Å²) < 4.78 is 0. The van der Waals surface area contributed by atoms with Gasteiger partial charge in [-0.25, -0.2) is 4.98 Å². The zero-order valence-corrected chi connectivity index (χ0v) is 12.6. The van der Waals surface area contributed by atoms with Crippen LogP contribution in [0.4, 0.5) is 5.82 Å². The lowest BCUT2D eigenvalue weighted by Crippen LogP contribution is -2.38. The van der Waals surface area contributed by atoms with Gasteiger partial charge in [-0.2, -0.15) is 0 Å². The maximum absolute atomic E-state index is 5.85. The van der Waals surface area contributed by atoms with Crippen LogP contribution < -0.4 is 5.32 Å². The Hall–Kier alpha value is -1.65. The number of halogens is 1. The molecule has 1 fully saturated rings. The Morgan fingerprint density at radius 3 is 2.62 bits per heavy atom. The molecule has 5 heteroatoms. The van der Waals surface area contributed by atoms with E-state index in [1.807, 2.05) is 0 Å². The van der Waals surface area contributed by atoms with Crippen molar-refractivity contribution in [1.82, 2.24) is 14.9 Å². The molecule has 1 N–H and O–H groups in total. The quantitative estimate of drug-likeness (QED) is 0.941. The van der Waals surface area contributed by atoms with E-state index in [2.05, 4.69) is 50.5 Å². The number of rotatable bonds is 4. The number of nitrogens with zero attached hydrogens (tertiary/aromatic N) is 3. The highest BCUT2D eigenvalue weighted by Crippen LogP contribution is 2.17. The van der Waals surface area contributed by atoms with E-state index in [1.54, 1.807) is 12.4 Å². The van der Waals surface area contributed by atoms with Crippen molar-refractivity contribution in [3.63, 3.8) is 0 Å². The number of benzene rings is 1. The molecule has 1 saturated heterocycles. The number of hydrogen-bond acceptors (Lipinski definition) is 4. The Morgan fingerprint density at radius 1 is 1.14 bits per heavy atom. The van der Waals surface area contributed by atoms with Crippen LogP contribution in [0.15, 0.2) is 42.7 Å². The molecular weight excluding hydrogens is 284 g/mol. The predicted molar refractivity (Wildman–Crippen MR) is 85.4 cm³/mol. The lowest BCUT2D eigenvalue weighted by atomic mass is 10.0. The van der Waals surface area contributed by atoms with Gasteiger partial charge in [-0.15, -0.1) is 0 Å². The summed E-state index contributed by atoms with van der Waals surface area (Å²) in [4.78, 5) is 10.8. The predicted octanol–water partition coefficient (Wildman–Crippen LogP) is 3.21. The third-order valence-corrected chi connectivity index (χ3v) is 3.98. The van der Waals surface area contributed by atoms with Gasteiger partial charge in [-0.05, 0) is 18.4 Å². The van der Waals surface area contributed by atoms with Crippen LogP contribution >= 0.6 is 11.6 Å². The fourth-order valence-corrected chi connectivity index (χ4v) is 2.85. The summed E-state index contributed by atoms with van der Waals surface area (Å²) in [6, 6.07) is 11.1. The molecule has 0 bridgehead atoms. The van der Waals surface area contributed by atoms with Gasteiger partial charge in [0.1, 0.15) is 11.0 Å². The molecule has 0 amide bonds. The number of aromatic nitrogens is 2. The summed E-state index contributed by atoms with van der Waals surface area (Å²) >= 11 is 5.85. The van der Waals surface area contributed by atoms with Crippen molar-refractivity contribution >= 4 is 17.4 Å². The van der Waals surface area contributed by atoms with Gasteiger partial charge in [-0.1, -0.05) is 41.9 Å². The van der Waals surface area contributed by atoms with Gasteiger partial charge in [0.2, 0.25) is 0 Å². The van der Waals surface area contributed by atoms with Crippen molar-refractivity contribution in [2.75, 3.05) is 18.4 Å². The molecule has 1 aliphatic heterocycles. The van der Waals surface area contributed by atoms with Crippen molar-refractivity contribution in [2.45, 2.75) is 25.4 Å². The Morgan fingerprint density at radius 2 is 1.90 bits per heavy atom. The van der Waals surface area contributed by atoms with Gasteiger partial charge in [0, 0.05) is 25.7 Å². The second kappa shape index (κ2) is 6.87. The molecule has 1 aliphatic rings. The molecule has 110 valence electrons. The Bertz CT molecular complexity index is 567. The Labute approximate surface area is 130 Å². The first-order chi connectivity index (χ1) is 10.3. The van der Waals surface area contributed by atoms with Crippen LogP contribution in [0.25, 0.3) is 0 Å². The second-order valence-electron chi connectivity index (χ2n) is 5.41. The molecular formula is C16H19ClN4. The van der Waals surface area contributed by atoms with E-state index < -0.39 is 0 Å². The van der Waals surface area contributed by atoms with E-state index in [0.29, 0.717) is 11.2 Å². The Kier molecular flexibility index (Phi) is 4.68. The van der Waals surface area contributed by atoms with Crippen LogP contribution in [-0.4, -0.2) is 34.0 Å². The fraction of sp³-hybridized carbons (Fsp3) is 0.375. The normalized spacial score (nSPS) is 16.8. The lowest BCUT2D eigenvalue weighted by Gasteiger charge is -2.32. The molecule has 21 heavy (non-hydrogen) atoms. The van der Waals surface area contributed by atoms with E-state index in [4.69, 9.17) is 11.6 Å². The minimum atomic E-state index is 0.432. The number of piperidine rings is 1. The second-order valence-corrected chi connectivity index (χ2v) is 5.79. The SMILES string of the molecule is Clc1cncc(NC2CCN(Cc3ccccc3)CC2)n1. The maximum atomic E-state index is 5.85. The van der Waals surface area contributed by atoms with Gasteiger partial charge in [0.15, 0.2) is 0 Å². The summed E-state index contributed by atoms with van der Waals surface area (Å²) in [5, 5.41) is 3.85. The lowest BCUT2D eigenvalue weighted by molar-refractivity contribution is 0.211. The summed E-state index contributed by atoms with van der Waals surface area (Å²) in [7, 11) is 0. The number of hydrogen-bond donors (Lipinski definition) is 1. The fourth-order valence-electron chi connectivity index (χ4n) is 2.70. The first-order valence-electron chi connectivity index (χ1n) is 7.30. The van der Waals surface area contributed by atoms with Gasteiger partial charge in [0.05, 0.1) is 12.4 Å². The van der Waals surface area contributed by atoms with E-state index in [0.717, 1.165) is 38.3 Å². The highest BCUT2D eigenvalue weighted by Gasteiger charge is 2.19. The average molecular weight is 303 g/mol. The molecule has 1 aromatic carbocycles. The van der Waals surface area contributed by atoms with Gasteiger partial charge in [0.25, 0.3) is 0 Å². The van der Waals surface area contributed by atoms with Crippen LogP contribution in [-0.2, 0) is 6.54 Å². The maximum Gasteiger partial charge on any atom is 0.149 e. The van der Waals surface area contributed by atoms with Crippen molar-refractivity contribution in [1.29, 1.82) is 0 Å². The van der Waals surface area contributed by atoms with E-state index in [1.165, 1.54) is 5.56 Å². The molecule has 0 radical (unpaired) electrons. The van der Waals surface area contributed by atoms with E-state index >= 15 is 0 Å². The number of anilines is 1. The number of nitrogens with one attached hydrogen (secondary N) is 1. The molecule has 2 heterocycles. The molecule has 0 aliphatic carbocycles. The number of likely N-dealkylation sites (tertiary alicyclic amines) is 1. The van der Waals surface area contributed by atoms with E-state index in [-0.39, 0.29) is 0 Å². The first-order valence-corrected chi connectivity index (χ1v) is 7.68. The Balaban J connectivity index is 1.49. The average Bonchev–Trinajstić information content (AvgIpc) is 2.50. The van der Waals surface area contributed by atoms with Crippen LogP contribution in [0.3, 0.4) is 0 Å². The minimum Gasteiger partial charge on any atom is -0.366 e. The standard InChI is InChI=1S/C16H19ClN4/c17-15-10-18-11-16(20-15)19-14-6-8-21(9-7-14)12-13-4-2-1-3-5-13/h1-5,10-11,14H,6-9,12H2,(H,19,20). The zero-order valence-electron chi connectivity index (χ0n) is 11.9. The van der Waals surface area contributed by atoms with Gasteiger partial charge < -0.3 is 5.32 Å². The molecule has 4 nitrogen and oxygen atoms in total. The van der Waals surface area contributed by atoms with Gasteiger partial charge in [-0.3, -0.25) is 9.88 Å². The smallest absolute Gasteiger partial charge is 0.149 e. The van der Waals surface area contributed by atoms with Crippen LogP contribution in [0.2, 0.25) is 5.15 Å². The first kappa shape index (κ1) is 14.3. The van der Waals surface area contributed by atoms with Crippen LogP contribution in [0, 0.1) is 0 Å². The topological polar surface area (TPSA) is 41.1 Å². The largest absolute Gasteiger partial charge is 0.366 e. The molecule has 0 saturated carbocycles. The zero-order chi connectivity index (χ0) is 14.5. The third-order valence-electron chi connectivity index (χ3n) is 3.79. The molecule has 2 aromatic rings. The van der Waals surface area contributed by atoms with E-state index in [9.17, 15) is 0 Å². The molecule has 0 spiro atoms. The monoisotopic (exact) mass is 302 g/mol. The molecule has 0 unspecified atom stereocenters. The summed E-state index contributed by atoms with van der Waals surface area (Å²) in [6.07, 6.45) is 5.50. The molecule has 1 aromatic heterocycles. The molecule has 3 rings (SSSR count). The van der Waals surface area contributed by atoms with Gasteiger partial charge >= 0.3 is 0 Å². The third kappa shape index (κ3) is 4.16. The minimum absolute atomic E-state index is 0.432. The summed E-state index contributed by atoms with van der Waals surface area (Å²) in [5.41, 5.74) is 1.38. The van der Waals surface area contributed by atoms with Crippen LogP contribution in [0.1, 0.15) is 18.4 Å². The van der Waals surface area contributed by atoms with Crippen LogP contribution in [0.5, 0.6) is 0 Å². The molecule has 0 atom stereocenters. The summed E-state index contributed by atoms with van der Waals surface area (Å²) in [6.45, 7) is 3.23. The highest BCUT2D eigenvalue weighted by molar-refractivity contribution is 6.29. The van der Waals surface area contributed by atoms with Crippen molar-refractivity contribution in [2.24, 2.45) is 0 Å². The van der Waals surface area contributed by atoms with Crippen molar-refractivity contribution in [3.8, 4) is 0 Å². The van der Waals surface area contributed by atoms with Crippen molar-refractivity contribution < 1.29 is 0 Å². The van der Waals surface area contributed by atoms with Crippen molar-refractivity contribution in [3.05, 3.63) is 53.4 Å². The highest BCUT2D eigenvalue weighted by atomic mass is 35.5. The summed E-state index contributed by atoms with van der Waals surface area (Å²) in [5.74, 6) is 0.768.